The Kier molecular flexibility index (Phi) is 6.12. The first-order chi connectivity index (χ1) is 9.04. The highest BCUT2D eigenvalue weighted by molar-refractivity contribution is 5.93. The van der Waals surface area contributed by atoms with E-state index in [1.165, 1.54) is 31.4 Å². The van der Waals surface area contributed by atoms with Crippen LogP contribution in [0.2, 0.25) is 0 Å². The van der Waals surface area contributed by atoms with Crippen LogP contribution < -0.4 is 5.32 Å². The topological polar surface area (TPSA) is 79.5 Å². The number of unbranched alkanes of at least 4 members (excludes halogenated alkanes) is 3. The van der Waals surface area contributed by atoms with E-state index in [4.69, 9.17) is 9.52 Å². The number of rotatable bonds is 8. The normalized spacial score (nSPS) is 12.1. The van der Waals surface area contributed by atoms with Crippen LogP contribution in [0.25, 0.3) is 0 Å². The molecule has 19 heavy (non-hydrogen) atoms. The van der Waals surface area contributed by atoms with Crippen molar-refractivity contribution in [2.75, 3.05) is 0 Å². The van der Waals surface area contributed by atoms with Gasteiger partial charge < -0.3 is 14.8 Å². The van der Waals surface area contributed by atoms with Crippen LogP contribution in [0.4, 0.5) is 0 Å². The van der Waals surface area contributed by atoms with E-state index in [0.717, 1.165) is 12.8 Å². The van der Waals surface area contributed by atoms with Crippen LogP contribution in [-0.2, 0) is 0 Å². The van der Waals surface area contributed by atoms with E-state index in [1.807, 2.05) is 6.92 Å². The van der Waals surface area contributed by atoms with E-state index < -0.39 is 5.97 Å². The highest BCUT2D eigenvalue weighted by Crippen LogP contribution is 2.09. The Morgan fingerprint density at radius 3 is 2.53 bits per heavy atom. The van der Waals surface area contributed by atoms with Crippen molar-refractivity contribution in [3.63, 3.8) is 0 Å². The van der Waals surface area contributed by atoms with Crippen molar-refractivity contribution in [3.8, 4) is 0 Å². The average Bonchev–Trinajstić information content (AvgIpc) is 2.84. The van der Waals surface area contributed by atoms with Crippen molar-refractivity contribution in [1.82, 2.24) is 5.32 Å². The molecule has 0 fully saturated rings. The molecule has 0 radical (unpaired) electrons. The number of furan rings is 1. The van der Waals surface area contributed by atoms with E-state index in [1.54, 1.807) is 0 Å². The van der Waals surface area contributed by atoms with Crippen molar-refractivity contribution in [1.29, 1.82) is 0 Å². The molecule has 5 heteroatoms. The summed E-state index contributed by atoms with van der Waals surface area (Å²) >= 11 is 0. The zero-order chi connectivity index (χ0) is 14.3. The lowest BCUT2D eigenvalue weighted by Gasteiger charge is -2.12. The second-order valence-corrected chi connectivity index (χ2v) is 4.69. The van der Waals surface area contributed by atoms with Crippen LogP contribution in [0.5, 0.6) is 0 Å². The molecule has 1 rings (SSSR count). The van der Waals surface area contributed by atoms with Crippen LogP contribution in [0.1, 0.15) is 67.1 Å². The molecule has 1 amide bonds. The minimum atomic E-state index is -1.17. The highest BCUT2D eigenvalue weighted by Gasteiger charge is 2.16. The van der Waals surface area contributed by atoms with E-state index in [0.29, 0.717) is 0 Å². The van der Waals surface area contributed by atoms with Crippen LogP contribution in [-0.4, -0.2) is 23.0 Å². The summed E-state index contributed by atoms with van der Waals surface area (Å²) in [5.41, 5.74) is 0. The maximum absolute atomic E-state index is 11.8. The molecule has 0 aliphatic rings. The monoisotopic (exact) mass is 267 g/mol. The summed E-state index contributed by atoms with van der Waals surface area (Å²) in [6.45, 7) is 4.09. The average molecular weight is 267 g/mol. The van der Waals surface area contributed by atoms with Gasteiger partial charge in [0.15, 0.2) is 5.76 Å². The Morgan fingerprint density at radius 1 is 1.26 bits per heavy atom. The van der Waals surface area contributed by atoms with Crippen molar-refractivity contribution in [3.05, 3.63) is 23.7 Å². The summed E-state index contributed by atoms with van der Waals surface area (Å²) in [5, 5.41) is 11.5. The zero-order valence-electron chi connectivity index (χ0n) is 11.4. The molecule has 0 saturated heterocycles. The number of carboxylic acid groups (broad SMARTS) is 1. The summed E-state index contributed by atoms with van der Waals surface area (Å²) in [4.78, 5) is 22.4. The Hall–Kier alpha value is -1.78. The molecule has 106 valence electrons. The minimum absolute atomic E-state index is 0.0396. The molecule has 1 atom stereocenters. The number of carbonyl (C=O) groups excluding carboxylic acids is 1. The number of carbonyl (C=O) groups is 2. The van der Waals surface area contributed by atoms with Crippen molar-refractivity contribution < 1.29 is 19.1 Å². The van der Waals surface area contributed by atoms with Gasteiger partial charge in [-0.25, -0.2) is 4.79 Å². The van der Waals surface area contributed by atoms with Gasteiger partial charge >= 0.3 is 5.97 Å². The quantitative estimate of drug-likeness (QED) is 0.709. The number of carboxylic acids is 1. The van der Waals surface area contributed by atoms with Gasteiger partial charge in [0.05, 0.1) is 0 Å². The van der Waals surface area contributed by atoms with Crippen molar-refractivity contribution in [2.24, 2.45) is 0 Å². The molecule has 1 unspecified atom stereocenters. The molecular formula is C14H21NO4. The summed E-state index contributed by atoms with van der Waals surface area (Å²) in [5.74, 6) is -1.72. The zero-order valence-corrected chi connectivity index (χ0v) is 11.4. The third kappa shape index (κ3) is 5.16. The molecule has 1 aromatic rings. The second-order valence-electron chi connectivity index (χ2n) is 4.69. The Morgan fingerprint density at radius 2 is 1.95 bits per heavy atom. The van der Waals surface area contributed by atoms with E-state index in [9.17, 15) is 9.59 Å². The molecule has 1 aromatic heterocycles. The van der Waals surface area contributed by atoms with Gasteiger partial charge in [0.25, 0.3) is 5.91 Å². The Labute approximate surface area is 113 Å². The van der Waals surface area contributed by atoms with Gasteiger partial charge in [-0.2, -0.15) is 0 Å². The first-order valence-electron chi connectivity index (χ1n) is 6.68. The fourth-order valence-corrected chi connectivity index (χ4v) is 1.82. The van der Waals surface area contributed by atoms with Crippen molar-refractivity contribution >= 4 is 11.9 Å². The van der Waals surface area contributed by atoms with Crippen molar-refractivity contribution in [2.45, 2.75) is 52.0 Å². The van der Waals surface area contributed by atoms with Gasteiger partial charge in [0.1, 0.15) is 0 Å². The number of aromatic carboxylic acids is 1. The van der Waals surface area contributed by atoms with Gasteiger partial charge in [0.2, 0.25) is 5.76 Å². The minimum Gasteiger partial charge on any atom is -0.475 e. The standard InChI is InChI=1S/C14H21NO4/c1-3-4-5-6-7-10(2)15-13(16)11-8-9-12(19-11)14(17)18/h8-10H,3-7H2,1-2H3,(H,15,16)(H,17,18). The molecule has 0 aromatic carbocycles. The predicted molar refractivity (Wildman–Crippen MR) is 71.4 cm³/mol. The Balaban J connectivity index is 2.38. The summed E-state index contributed by atoms with van der Waals surface area (Å²) in [6, 6.07) is 2.72. The molecule has 0 spiro atoms. The molecule has 0 saturated carbocycles. The SMILES string of the molecule is CCCCCCC(C)NC(=O)c1ccc(C(=O)O)o1. The smallest absolute Gasteiger partial charge is 0.371 e. The summed E-state index contributed by atoms with van der Waals surface area (Å²) in [7, 11) is 0. The molecule has 0 bridgehead atoms. The number of amides is 1. The molecule has 1 heterocycles. The number of nitrogens with one attached hydrogen (secondary N) is 1. The highest BCUT2D eigenvalue weighted by atomic mass is 16.4. The predicted octanol–water partition coefficient (Wildman–Crippen LogP) is 3.07. The molecule has 5 nitrogen and oxygen atoms in total. The Bertz CT molecular complexity index is 425. The van der Waals surface area contributed by atoms with Crippen LogP contribution in [0, 0.1) is 0 Å². The maximum atomic E-state index is 11.8. The van der Waals surface area contributed by atoms with Gasteiger partial charge in [-0.1, -0.05) is 32.6 Å². The fourth-order valence-electron chi connectivity index (χ4n) is 1.82. The van der Waals surface area contributed by atoms with Gasteiger partial charge in [0, 0.05) is 6.04 Å². The van der Waals surface area contributed by atoms with Crippen LogP contribution in [0.3, 0.4) is 0 Å². The largest absolute Gasteiger partial charge is 0.475 e. The molecule has 0 aliphatic carbocycles. The van der Waals surface area contributed by atoms with Gasteiger partial charge in [-0.05, 0) is 25.5 Å². The fraction of sp³-hybridized carbons (Fsp3) is 0.571. The number of hydrogen-bond donors (Lipinski definition) is 2. The third-order valence-corrected chi connectivity index (χ3v) is 2.91. The summed E-state index contributed by atoms with van der Waals surface area (Å²) < 4.78 is 4.94. The molecule has 0 aliphatic heterocycles. The van der Waals surface area contributed by atoms with Crippen LogP contribution in [0.15, 0.2) is 16.5 Å². The van der Waals surface area contributed by atoms with E-state index in [2.05, 4.69) is 12.2 Å². The first-order valence-corrected chi connectivity index (χ1v) is 6.68. The number of hydrogen-bond acceptors (Lipinski definition) is 3. The van der Waals surface area contributed by atoms with Crippen LogP contribution >= 0.6 is 0 Å². The van der Waals surface area contributed by atoms with Gasteiger partial charge in [-0.3, -0.25) is 4.79 Å². The lowest BCUT2D eigenvalue weighted by molar-refractivity contribution is 0.0659. The maximum Gasteiger partial charge on any atom is 0.371 e. The second kappa shape index (κ2) is 7.61. The summed E-state index contributed by atoms with van der Waals surface area (Å²) in [6.07, 6.45) is 5.55. The molecular weight excluding hydrogens is 246 g/mol. The van der Waals surface area contributed by atoms with E-state index in [-0.39, 0.29) is 23.5 Å². The molecule has 2 N–H and O–H groups in total. The lowest BCUT2D eigenvalue weighted by Crippen LogP contribution is -2.32. The lowest BCUT2D eigenvalue weighted by atomic mass is 10.1. The first kappa shape index (κ1) is 15.3. The van der Waals surface area contributed by atoms with Gasteiger partial charge in [-0.15, -0.1) is 0 Å². The third-order valence-electron chi connectivity index (χ3n) is 2.91. The van der Waals surface area contributed by atoms with E-state index >= 15 is 0 Å².